The summed E-state index contributed by atoms with van der Waals surface area (Å²) >= 11 is 0. The van der Waals surface area contributed by atoms with E-state index in [0.717, 1.165) is 12.0 Å². The van der Waals surface area contributed by atoms with Crippen LogP contribution in [0.3, 0.4) is 0 Å². The molecule has 1 saturated heterocycles. The third-order valence-corrected chi connectivity index (χ3v) is 5.46. The normalized spacial score (nSPS) is 21.1. The predicted molar refractivity (Wildman–Crippen MR) is 91.4 cm³/mol. The number of nitrogens with zero attached hydrogens (tertiary/aromatic N) is 1. The summed E-state index contributed by atoms with van der Waals surface area (Å²) in [5.41, 5.74) is -0.656. The number of carbonyl (C=O) groups excluding carboxylic acids is 1. The fourth-order valence-electron chi connectivity index (χ4n) is 2.33. The van der Waals surface area contributed by atoms with Crippen LogP contribution in [0.15, 0.2) is 53.6 Å². The van der Waals surface area contributed by atoms with Gasteiger partial charge in [0, 0.05) is 6.42 Å². The zero-order chi connectivity index (χ0) is 18.0. The Kier molecular flexibility index (Phi) is 4.86. The first-order chi connectivity index (χ1) is 11.3. The van der Waals surface area contributed by atoms with Crippen molar-refractivity contribution in [3.8, 4) is 12.3 Å². The fraction of sp³-hybridized carbons (Fsp3) is 0.278. The lowest BCUT2D eigenvalue weighted by Gasteiger charge is -2.21. The molecule has 2 rings (SSSR count). The minimum absolute atomic E-state index is 0.0249. The fourth-order valence-corrected chi connectivity index (χ4v) is 3.69. The van der Waals surface area contributed by atoms with E-state index >= 15 is 0 Å². The van der Waals surface area contributed by atoms with Crippen LogP contribution in [0.5, 0.6) is 0 Å². The zero-order valence-electron chi connectivity index (χ0n) is 13.7. The molecule has 24 heavy (non-hydrogen) atoms. The van der Waals surface area contributed by atoms with E-state index in [-0.39, 0.29) is 17.0 Å². The number of benzene rings is 1. The van der Waals surface area contributed by atoms with Gasteiger partial charge in [-0.1, -0.05) is 49.3 Å². The molecule has 1 unspecified atom stereocenters. The number of hydrogen-bond acceptors (Lipinski definition) is 4. The average molecular weight is 345 g/mol. The molecule has 1 fully saturated rings. The molecule has 1 heterocycles. The Morgan fingerprint density at radius 1 is 1.33 bits per heavy atom. The Balaban J connectivity index is 2.43. The molecule has 0 spiro atoms. The van der Waals surface area contributed by atoms with Crippen LogP contribution in [0.2, 0.25) is 0 Å². The third kappa shape index (κ3) is 2.95. The maximum Gasteiger partial charge on any atom is 0.430 e. The molecular weight excluding hydrogens is 326 g/mol. The van der Waals surface area contributed by atoms with Crippen molar-refractivity contribution in [3.05, 3.63) is 54.3 Å². The number of terminal acetylenes is 1. The number of carbonyl (C=O) groups is 1. The molecule has 1 aromatic rings. The van der Waals surface area contributed by atoms with E-state index in [4.69, 9.17) is 11.2 Å². The SMILES string of the molecule is C#CC1(C/C=C/CC)OC(=O)N(S(=O)(=O)c2ccc(C)cc2)C1=C. The van der Waals surface area contributed by atoms with Gasteiger partial charge in [0.25, 0.3) is 10.0 Å². The van der Waals surface area contributed by atoms with Gasteiger partial charge in [-0.25, -0.2) is 13.2 Å². The number of rotatable bonds is 5. The van der Waals surface area contributed by atoms with Crippen molar-refractivity contribution >= 4 is 16.1 Å². The van der Waals surface area contributed by atoms with Gasteiger partial charge in [-0.05, 0) is 25.5 Å². The molecule has 1 aliphatic heterocycles. The molecule has 0 saturated carbocycles. The first-order valence-corrected chi connectivity index (χ1v) is 8.89. The maximum atomic E-state index is 12.8. The van der Waals surface area contributed by atoms with Gasteiger partial charge in [0.1, 0.15) is 0 Å². The summed E-state index contributed by atoms with van der Waals surface area (Å²) in [6, 6.07) is 6.15. The summed E-state index contributed by atoms with van der Waals surface area (Å²) in [5, 5.41) is 0. The van der Waals surface area contributed by atoms with E-state index < -0.39 is 21.7 Å². The van der Waals surface area contributed by atoms with Crippen LogP contribution in [0.1, 0.15) is 25.3 Å². The highest BCUT2D eigenvalue weighted by atomic mass is 32.2. The van der Waals surface area contributed by atoms with Crippen LogP contribution < -0.4 is 0 Å². The second kappa shape index (κ2) is 6.54. The highest BCUT2D eigenvalue weighted by Crippen LogP contribution is 2.38. The lowest BCUT2D eigenvalue weighted by Crippen LogP contribution is -2.33. The molecule has 1 atom stereocenters. The monoisotopic (exact) mass is 345 g/mol. The highest BCUT2D eigenvalue weighted by Gasteiger charge is 2.52. The van der Waals surface area contributed by atoms with E-state index in [1.54, 1.807) is 18.2 Å². The van der Waals surface area contributed by atoms with Crippen molar-refractivity contribution in [2.75, 3.05) is 0 Å². The number of hydrogen-bond donors (Lipinski definition) is 0. The second-order valence-corrected chi connectivity index (χ2v) is 7.24. The molecule has 0 radical (unpaired) electrons. The Morgan fingerprint density at radius 2 is 1.96 bits per heavy atom. The van der Waals surface area contributed by atoms with Crippen LogP contribution in [-0.2, 0) is 14.8 Å². The summed E-state index contributed by atoms with van der Waals surface area (Å²) in [7, 11) is -4.13. The predicted octanol–water partition coefficient (Wildman–Crippen LogP) is 3.38. The standard InChI is InChI=1S/C18H19NO4S/c1-5-7-8-13-18(6-2)15(4)19(17(20)23-18)24(21,22)16-11-9-14(3)10-12-16/h2,7-12H,4-5,13H2,1,3H3/b8-7+. The zero-order valence-corrected chi connectivity index (χ0v) is 14.5. The van der Waals surface area contributed by atoms with Crippen LogP contribution in [-0.4, -0.2) is 24.4 Å². The van der Waals surface area contributed by atoms with Gasteiger partial charge in [-0.2, -0.15) is 4.31 Å². The van der Waals surface area contributed by atoms with Crippen LogP contribution in [0.25, 0.3) is 0 Å². The number of allylic oxidation sites excluding steroid dienone is 1. The minimum atomic E-state index is -4.13. The average Bonchev–Trinajstić information content (AvgIpc) is 2.79. The van der Waals surface area contributed by atoms with E-state index in [0.29, 0.717) is 4.31 Å². The van der Waals surface area contributed by atoms with Crippen LogP contribution in [0, 0.1) is 19.3 Å². The summed E-state index contributed by atoms with van der Waals surface area (Å²) in [6.07, 6.45) is 9.05. The smallest absolute Gasteiger partial charge is 0.422 e. The van der Waals surface area contributed by atoms with Gasteiger partial charge in [0.15, 0.2) is 0 Å². The van der Waals surface area contributed by atoms with E-state index in [1.807, 2.05) is 19.9 Å². The van der Waals surface area contributed by atoms with Crippen molar-refractivity contribution < 1.29 is 17.9 Å². The molecule has 0 bridgehead atoms. The van der Waals surface area contributed by atoms with Gasteiger partial charge in [0.05, 0.1) is 10.6 Å². The van der Waals surface area contributed by atoms with Gasteiger partial charge < -0.3 is 4.74 Å². The van der Waals surface area contributed by atoms with Gasteiger partial charge >= 0.3 is 6.09 Å². The number of sulfonamides is 1. The van der Waals surface area contributed by atoms with Crippen LogP contribution in [0.4, 0.5) is 4.79 Å². The van der Waals surface area contributed by atoms with E-state index in [9.17, 15) is 13.2 Å². The molecule has 0 aliphatic carbocycles. The molecule has 6 heteroatoms. The first kappa shape index (κ1) is 17.8. The number of ether oxygens (including phenoxy) is 1. The molecule has 0 aromatic heterocycles. The topological polar surface area (TPSA) is 63.7 Å². The Morgan fingerprint density at radius 3 is 2.50 bits per heavy atom. The maximum absolute atomic E-state index is 12.8. The quantitative estimate of drug-likeness (QED) is 0.606. The molecular formula is C18H19NO4S. The Hall–Kier alpha value is -2.52. The van der Waals surface area contributed by atoms with Gasteiger partial charge in [-0.3, -0.25) is 0 Å². The Bertz CT molecular complexity index is 831. The van der Waals surface area contributed by atoms with E-state index in [1.165, 1.54) is 12.1 Å². The molecule has 1 amide bonds. The molecule has 0 N–H and O–H groups in total. The molecule has 1 aliphatic rings. The molecule has 1 aromatic carbocycles. The van der Waals surface area contributed by atoms with Crippen molar-refractivity contribution in [1.82, 2.24) is 4.31 Å². The van der Waals surface area contributed by atoms with Crippen molar-refractivity contribution in [2.24, 2.45) is 0 Å². The lowest BCUT2D eigenvalue weighted by molar-refractivity contribution is 0.109. The van der Waals surface area contributed by atoms with Gasteiger partial charge in [0.2, 0.25) is 5.60 Å². The summed E-state index contributed by atoms with van der Waals surface area (Å²) in [6.45, 7) is 7.51. The van der Waals surface area contributed by atoms with Gasteiger partial charge in [-0.15, -0.1) is 6.42 Å². The number of cyclic esters (lactones) is 1. The largest absolute Gasteiger partial charge is 0.430 e. The Labute approximate surface area is 142 Å². The first-order valence-electron chi connectivity index (χ1n) is 7.45. The lowest BCUT2D eigenvalue weighted by atomic mass is 9.97. The number of aryl methyl sites for hydroxylation is 1. The molecule has 126 valence electrons. The number of amides is 1. The van der Waals surface area contributed by atoms with Crippen LogP contribution >= 0.6 is 0 Å². The minimum Gasteiger partial charge on any atom is -0.422 e. The van der Waals surface area contributed by atoms with Crippen molar-refractivity contribution in [1.29, 1.82) is 0 Å². The third-order valence-electron chi connectivity index (χ3n) is 3.74. The summed E-state index contributed by atoms with van der Waals surface area (Å²) < 4.78 is 31.3. The van der Waals surface area contributed by atoms with E-state index in [2.05, 4.69) is 12.5 Å². The van der Waals surface area contributed by atoms with Crippen molar-refractivity contribution in [3.63, 3.8) is 0 Å². The molecule has 5 nitrogen and oxygen atoms in total. The summed E-state index contributed by atoms with van der Waals surface area (Å²) in [5.74, 6) is 2.38. The second-order valence-electron chi connectivity index (χ2n) is 5.45. The highest BCUT2D eigenvalue weighted by molar-refractivity contribution is 7.89. The van der Waals surface area contributed by atoms with Crippen molar-refractivity contribution in [2.45, 2.75) is 37.2 Å². The summed E-state index contributed by atoms with van der Waals surface area (Å²) in [4.78, 5) is 12.2.